The molecule has 0 spiro atoms. The molecule has 8 unspecified atom stereocenters. The standard InChI is InChI=1S/C41H54O10/c1-22-12-11-13-24(16-22)26-19-29-27-17-25(50-40-37(47-6)36(46-5)35(45-4)23(2)49-40)18-28(27)31-20-30-32(41(31,3)38(29)51-39(26)44)21-34(43)48-15-10-8-7-9-14-33(30)42/h11-13,16,19-20,23,25,27-29,31-32,35-38,40H,7-10,14-15,17-18,21H2,1-6H3/t23-,25?,27?,28?,29?,31?,32?,35-,36+,37+,38?,40-,41?/m0/s1. The highest BCUT2D eigenvalue weighted by molar-refractivity contribution is 6.17. The molecule has 1 aromatic carbocycles. The summed E-state index contributed by atoms with van der Waals surface area (Å²) in [5.74, 6) is -1.05. The Kier molecular flexibility index (Phi) is 10.6. The molecule has 10 heteroatoms. The Morgan fingerprint density at radius 3 is 2.37 bits per heavy atom. The van der Waals surface area contributed by atoms with E-state index < -0.39 is 29.8 Å². The van der Waals surface area contributed by atoms with Crippen LogP contribution in [0.5, 0.6) is 0 Å². The number of carbonyl (C=O) groups is 3. The van der Waals surface area contributed by atoms with Crippen molar-refractivity contribution >= 4 is 23.3 Å². The van der Waals surface area contributed by atoms with Crippen LogP contribution in [0.1, 0.15) is 76.3 Å². The van der Waals surface area contributed by atoms with Crippen molar-refractivity contribution in [2.45, 2.75) is 115 Å². The average molecular weight is 707 g/mol. The molecule has 13 atom stereocenters. The first-order valence-corrected chi connectivity index (χ1v) is 18.9. The second-order valence-electron chi connectivity index (χ2n) is 15.8. The molecule has 0 aromatic heterocycles. The molecule has 10 nitrogen and oxygen atoms in total. The summed E-state index contributed by atoms with van der Waals surface area (Å²) in [6, 6.07) is 7.94. The van der Waals surface area contributed by atoms with E-state index in [0.717, 1.165) is 43.2 Å². The van der Waals surface area contributed by atoms with E-state index in [0.29, 0.717) is 30.6 Å². The molecule has 2 saturated heterocycles. The van der Waals surface area contributed by atoms with Crippen LogP contribution in [0.2, 0.25) is 0 Å². The molecule has 3 heterocycles. The number of carbonyl (C=O) groups excluding carboxylic acids is 3. The van der Waals surface area contributed by atoms with Crippen molar-refractivity contribution in [1.82, 2.24) is 0 Å². The van der Waals surface area contributed by atoms with Crippen molar-refractivity contribution < 1.29 is 47.5 Å². The second kappa shape index (κ2) is 14.9. The third-order valence-corrected chi connectivity index (χ3v) is 13.0. The summed E-state index contributed by atoms with van der Waals surface area (Å²) in [5.41, 5.74) is 2.44. The molecule has 278 valence electrons. The Morgan fingerprint density at radius 1 is 0.882 bits per heavy atom. The van der Waals surface area contributed by atoms with Gasteiger partial charge < -0.3 is 33.2 Å². The number of cyclic esters (lactones) is 1. The van der Waals surface area contributed by atoms with Crippen molar-refractivity contribution in [2.24, 2.45) is 35.0 Å². The number of allylic oxidation sites excluding steroid dienone is 2. The van der Waals surface area contributed by atoms with Crippen LogP contribution in [-0.2, 0) is 47.5 Å². The molecule has 0 amide bonds. The number of ether oxygens (including phenoxy) is 7. The highest BCUT2D eigenvalue weighted by atomic mass is 16.7. The summed E-state index contributed by atoms with van der Waals surface area (Å²) in [7, 11) is 4.92. The first-order chi connectivity index (χ1) is 24.6. The Balaban J connectivity index is 1.27. The lowest BCUT2D eigenvalue weighted by Crippen LogP contribution is -2.59. The average Bonchev–Trinajstić information content (AvgIpc) is 3.65. The minimum absolute atomic E-state index is 0.0828. The summed E-state index contributed by atoms with van der Waals surface area (Å²) in [4.78, 5) is 41.4. The Morgan fingerprint density at radius 2 is 1.63 bits per heavy atom. The van der Waals surface area contributed by atoms with Crippen LogP contribution in [0.15, 0.2) is 42.0 Å². The fraction of sp³-hybridized carbons (Fsp3) is 0.683. The Bertz CT molecular complexity index is 1550. The molecule has 1 aromatic rings. The largest absolute Gasteiger partial charge is 0.466 e. The zero-order chi connectivity index (χ0) is 36.0. The van der Waals surface area contributed by atoms with Gasteiger partial charge in [0.15, 0.2) is 12.1 Å². The highest BCUT2D eigenvalue weighted by Gasteiger charge is 2.67. The zero-order valence-corrected chi connectivity index (χ0v) is 30.8. The molecule has 3 aliphatic heterocycles. The van der Waals surface area contributed by atoms with E-state index in [1.165, 1.54) is 0 Å². The molecule has 0 N–H and O–H groups in total. The maximum atomic E-state index is 14.0. The summed E-state index contributed by atoms with van der Waals surface area (Å²) in [5, 5.41) is 0. The molecule has 0 radical (unpaired) electrons. The number of hydrogen-bond acceptors (Lipinski definition) is 10. The number of fused-ring (bicyclic) bond motifs is 8. The number of methoxy groups -OCH3 is 3. The summed E-state index contributed by atoms with van der Waals surface area (Å²) >= 11 is 0. The van der Waals surface area contributed by atoms with Gasteiger partial charge in [-0.3, -0.25) is 9.59 Å². The maximum Gasteiger partial charge on any atom is 0.338 e. The summed E-state index contributed by atoms with van der Waals surface area (Å²) < 4.78 is 43.0. The van der Waals surface area contributed by atoms with E-state index in [-0.39, 0.29) is 72.2 Å². The van der Waals surface area contributed by atoms with Gasteiger partial charge >= 0.3 is 11.9 Å². The Hall–Kier alpha value is -2.89. The SMILES string of the molecule is CO[C@@H]1[C@@H](OC)[C@H](C)O[C@@H](OC2CC3C4C=C(c5cccc(C)c5)C(=O)OC4C4(C)C5CC(=O)OCCCCCCC(=O)C5=CC4C3C2)[C@@H]1OC. The van der Waals surface area contributed by atoms with Gasteiger partial charge in [0.25, 0.3) is 0 Å². The smallest absolute Gasteiger partial charge is 0.338 e. The number of esters is 2. The minimum atomic E-state index is -0.698. The van der Waals surface area contributed by atoms with E-state index >= 15 is 0 Å². The van der Waals surface area contributed by atoms with Crippen LogP contribution in [-0.4, -0.2) is 88.6 Å². The Labute approximate surface area is 301 Å². The monoisotopic (exact) mass is 706 g/mol. The molecule has 2 saturated carbocycles. The molecule has 4 fully saturated rings. The maximum absolute atomic E-state index is 14.0. The van der Waals surface area contributed by atoms with Crippen LogP contribution in [0.25, 0.3) is 5.57 Å². The third-order valence-electron chi connectivity index (χ3n) is 13.0. The number of benzene rings is 1. The summed E-state index contributed by atoms with van der Waals surface area (Å²) in [6.07, 6.45) is 6.79. The van der Waals surface area contributed by atoms with Crippen LogP contribution >= 0.6 is 0 Å². The van der Waals surface area contributed by atoms with Crippen molar-refractivity contribution in [3.8, 4) is 0 Å². The quantitative estimate of drug-likeness (QED) is 0.337. The molecule has 51 heavy (non-hydrogen) atoms. The molecule has 6 aliphatic rings. The molecule has 3 aliphatic carbocycles. The topological polar surface area (TPSA) is 116 Å². The number of rotatable bonds is 6. The third kappa shape index (κ3) is 6.54. The van der Waals surface area contributed by atoms with Gasteiger partial charge in [-0.2, -0.15) is 0 Å². The second-order valence-corrected chi connectivity index (χ2v) is 15.8. The van der Waals surface area contributed by atoms with Crippen molar-refractivity contribution in [1.29, 1.82) is 0 Å². The van der Waals surface area contributed by atoms with E-state index in [2.05, 4.69) is 19.1 Å². The van der Waals surface area contributed by atoms with Crippen molar-refractivity contribution in [3.05, 3.63) is 53.1 Å². The summed E-state index contributed by atoms with van der Waals surface area (Å²) in [6.45, 7) is 6.48. The van der Waals surface area contributed by atoms with E-state index in [1.54, 1.807) is 21.3 Å². The van der Waals surface area contributed by atoms with Gasteiger partial charge in [-0.15, -0.1) is 0 Å². The fourth-order valence-electron chi connectivity index (χ4n) is 10.6. The molecule has 0 bridgehead atoms. The number of hydrogen-bond donors (Lipinski definition) is 0. The first-order valence-electron chi connectivity index (χ1n) is 18.9. The highest BCUT2D eigenvalue weighted by Crippen LogP contribution is 2.66. The molecular weight excluding hydrogens is 652 g/mol. The van der Waals surface area contributed by atoms with Gasteiger partial charge in [-0.05, 0) is 68.4 Å². The van der Waals surface area contributed by atoms with Crippen LogP contribution in [0.4, 0.5) is 0 Å². The number of ketones is 1. The lowest BCUT2D eigenvalue weighted by Gasteiger charge is -2.55. The minimum Gasteiger partial charge on any atom is -0.466 e. The van der Waals surface area contributed by atoms with Gasteiger partial charge in [-0.1, -0.05) is 61.7 Å². The predicted molar refractivity (Wildman–Crippen MR) is 187 cm³/mol. The van der Waals surface area contributed by atoms with E-state index in [9.17, 15) is 14.4 Å². The van der Waals surface area contributed by atoms with Crippen LogP contribution in [0.3, 0.4) is 0 Å². The van der Waals surface area contributed by atoms with Crippen molar-refractivity contribution in [2.75, 3.05) is 27.9 Å². The van der Waals surface area contributed by atoms with Gasteiger partial charge in [0.1, 0.15) is 24.4 Å². The molecule has 7 rings (SSSR count). The lowest BCUT2D eigenvalue weighted by molar-refractivity contribution is -0.314. The van der Waals surface area contributed by atoms with Gasteiger partial charge in [0.2, 0.25) is 0 Å². The van der Waals surface area contributed by atoms with Crippen LogP contribution < -0.4 is 0 Å². The van der Waals surface area contributed by atoms with Crippen LogP contribution in [0, 0.1) is 41.9 Å². The van der Waals surface area contributed by atoms with Gasteiger partial charge in [-0.25, -0.2) is 4.79 Å². The number of aryl methyl sites for hydroxylation is 1. The zero-order valence-electron chi connectivity index (χ0n) is 30.8. The fourth-order valence-corrected chi connectivity index (χ4v) is 10.6. The van der Waals surface area contributed by atoms with E-state index in [1.807, 2.05) is 38.1 Å². The lowest BCUT2D eigenvalue weighted by atomic mass is 9.51. The van der Waals surface area contributed by atoms with E-state index in [4.69, 9.17) is 33.2 Å². The van der Waals surface area contributed by atoms with Crippen molar-refractivity contribution in [3.63, 3.8) is 0 Å². The normalized spacial score (nSPS) is 41.4. The van der Waals surface area contributed by atoms with Gasteiger partial charge in [0, 0.05) is 45.0 Å². The van der Waals surface area contributed by atoms with Gasteiger partial charge in [0.05, 0.1) is 30.8 Å². The molecular formula is C41H54O10. The predicted octanol–water partition coefficient (Wildman–Crippen LogP) is 5.78. The number of Topliss-reactive ketones (excluding diaryl/α,β-unsaturated/α-hetero) is 1. The first kappa shape index (κ1) is 36.5.